The van der Waals surface area contributed by atoms with Crippen LogP contribution in [0.1, 0.15) is 146 Å². The lowest BCUT2D eigenvalue weighted by atomic mass is 9.33. The van der Waals surface area contributed by atoms with E-state index in [-0.39, 0.29) is 74.6 Å². The van der Waals surface area contributed by atoms with Gasteiger partial charge in [-0.25, -0.2) is 0 Å². The maximum absolute atomic E-state index is 14.8. The van der Waals surface area contributed by atoms with Crippen LogP contribution in [0.5, 0.6) is 0 Å². The van der Waals surface area contributed by atoms with E-state index in [2.05, 4.69) is 65.2 Å². The van der Waals surface area contributed by atoms with E-state index in [4.69, 9.17) is 0 Å². The number of hydroxylamine groups is 2. The molecule has 0 spiro atoms. The van der Waals surface area contributed by atoms with Crippen LogP contribution in [-0.2, 0) is 20.8 Å². The number of amides is 2. The van der Waals surface area contributed by atoms with Crippen molar-refractivity contribution in [2.45, 2.75) is 176 Å². The third kappa shape index (κ3) is 6.03. The Kier molecular flexibility index (Phi) is 9.59. The standard InChI is InChI=1S/C47H71N3O5/c1-40(2)28-35(42(5,6)50(40)55)49-38(53)32(25-29-15-13-12-14-16-29)48-39(54)44(8)22-21-43(7)23-24-46(10)30(31(43)27-44)26-33(51)37-45(9)19-18-36(52)41(3,4)34(45)17-20-47(37,46)11/h12-16,26,31-32,34-37,52,55H,17-25,27-28H2,1-11H3,(H,48,54)(H,49,53)/t31-,32-,34-,35?,36-,37+,43+,44-,45-,46+,47+/m0/s1. The summed E-state index contributed by atoms with van der Waals surface area (Å²) < 4.78 is 0. The molecule has 0 radical (unpaired) electrons. The van der Waals surface area contributed by atoms with E-state index in [0.717, 1.165) is 56.9 Å². The fraction of sp³-hybridized carbons (Fsp3) is 0.766. The van der Waals surface area contributed by atoms with Crippen molar-refractivity contribution in [3.63, 3.8) is 0 Å². The molecule has 11 atom stereocenters. The second-order valence-electron chi connectivity index (χ2n) is 22.4. The van der Waals surface area contributed by atoms with Gasteiger partial charge >= 0.3 is 0 Å². The quantitative estimate of drug-likeness (QED) is 0.233. The number of nitrogens with zero attached hydrogens (tertiary/aromatic N) is 1. The van der Waals surface area contributed by atoms with Gasteiger partial charge in [0.25, 0.3) is 0 Å². The first-order valence-corrected chi connectivity index (χ1v) is 21.4. The Morgan fingerprint density at radius 3 is 2.15 bits per heavy atom. The van der Waals surface area contributed by atoms with Crippen molar-refractivity contribution in [1.82, 2.24) is 15.7 Å². The van der Waals surface area contributed by atoms with E-state index < -0.39 is 22.5 Å². The van der Waals surface area contributed by atoms with Crippen molar-refractivity contribution >= 4 is 17.6 Å². The monoisotopic (exact) mass is 758 g/mol. The molecule has 0 aromatic heterocycles. The number of hydrogen-bond acceptors (Lipinski definition) is 6. The van der Waals surface area contributed by atoms with E-state index in [1.165, 1.54) is 10.6 Å². The van der Waals surface area contributed by atoms with Crippen molar-refractivity contribution < 1.29 is 24.7 Å². The minimum Gasteiger partial charge on any atom is -0.393 e. The molecule has 1 saturated heterocycles. The van der Waals surface area contributed by atoms with Gasteiger partial charge in [0.2, 0.25) is 11.8 Å². The smallest absolute Gasteiger partial charge is 0.243 e. The molecular weight excluding hydrogens is 687 g/mol. The first-order chi connectivity index (χ1) is 25.4. The molecule has 6 aliphatic rings. The number of benzene rings is 1. The summed E-state index contributed by atoms with van der Waals surface area (Å²) in [6.07, 6.45) is 10.6. The minimum absolute atomic E-state index is 0.00943. The van der Waals surface area contributed by atoms with Crippen LogP contribution in [0.2, 0.25) is 0 Å². The Hall–Kier alpha value is -2.55. The molecule has 5 aliphatic carbocycles. The lowest BCUT2D eigenvalue weighted by molar-refractivity contribution is -0.202. The first kappa shape index (κ1) is 40.6. The van der Waals surface area contributed by atoms with Gasteiger partial charge in [-0.15, -0.1) is 0 Å². The number of carbonyl (C=O) groups excluding carboxylic acids is 3. The summed E-state index contributed by atoms with van der Waals surface area (Å²) in [5.41, 5.74) is -0.469. The minimum atomic E-state index is -0.785. The highest BCUT2D eigenvalue weighted by molar-refractivity contribution is 5.96. The highest BCUT2D eigenvalue weighted by Gasteiger charge is 2.70. The van der Waals surface area contributed by atoms with E-state index in [0.29, 0.717) is 19.3 Å². The van der Waals surface area contributed by atoms with Crippen LogP contribution >= 0.6 is 0 Å². The van der Waals surface area contributed by atoms with Crippen LogP contribution in [0, 0.1) is 50.2 Å². The summed E-state index contributed by atoms with van der Waals surface area (Å²) in [6.45, 7) is 23.9. The van der Waals surface area contributed by atoms with Gasteiger partial charge in [0.15, 0.2) is 5.78 Å². The van der Waals surface area contributed by atoms with E-state index in [1.54, 1.807) is 0 Å². The lowest BCUT2D eigenvalue weighted by Crippen LogP contribution is -2.66. The summed E-state index contributed by atoms with van der Waals surface area (Å²) >= 11 is 0. The van der Waals surface area contributed by atoms with Gasteiger partial charge < -0.3 is 20.9 Å². The van der Waals surface area contributed by atoms with Crippen LogP contribution in [0.25, 0.3) is 0 Å². The van der Waals surface area contributed by atoms with E-state index in [9.17, 15) is 24.7 Å². The molecule has 0 bridgehead atoms. The second-order valence-corrected chi connectivity index (χ2v) is 22.4. The maximum Gasteiger partial charge on any atom is 0.243 e. The fourth-order valence-corrected chi connectivity index (χ4v) is 14.0. The van der Waals surface area contributed by atoms with E-state index in [1.807, 2.05) is 58.0 Å². The molecule has 1 heterocycles. The molecular formula is C47H71N3O5. The third-order valence-corrected chi connectivity index (χ3v) is 18.0. The Morgan fingerprint density at radius 2 is 1.51 bits per heavy atom. The fourth-order valence-electron chi connectivity index (χ4n) is 14.0. The average Bonchev–Trinajstić information content (AvgIpc) is 3.26. The molecule has 1 unspecified atom stereocenters. The molecule has 2 amide bonds. The summed E-state index contributed by atoms with van der Waals surface area (Å²) in [5.74, 6) is 0.205. The zero-order chi connectivity index (χ0) is 40.4. The van der Waals surface area contributed by atoms with Gasteiger partial charge in [-0.1, -0.05) is 84.4 Å². The molecule has 5 fully saturated rings. The number of ketones is 1. The summed E-state index contributed by atoms with van der Waals surface area (Å²) in [5, 5.41) is 30.0. The van der Waals surface area contributed by atoms with Crippen LogP contribution in [0.4, 0.5) is 0 Å². The average molecular weight is 758 g/mol. The second kappa shape index (κ2) is 13.0. The Bertz CT molecular complexity index is 1750. The highest BCUT2D eigenvalue weighted by Crippen LogP contribution is 2.75. The zero-order valence-corrected chi connectivity index (χ0v) is 35.8. The third-order valence-electron chi connectivity index (χ3n) is 18.0. The predicted octanol–water partition coefficient (Wildman–Crippen LogP) is 8.19. The van der Waals surface area contributed by atoms with Crippen LogP contribution in [0.15, 0.2) is 42.0 Å². The number of hydrogen-bond donors (Lipinski definition) is 4. The molecule has 8 heteroatoms. The van der Waals surface area contributed by atoms with Crippen molar-refractivity contribution in [3.8, 4) is 0 Å². The van der Waals surface area contributed by atoms with Gasteiger partial charge in [-0.2, -0.15) is 5.06 Å². The molecule has 4 N–H and O–H groups in total. The van der Waals surface area contributed by atoms with E-state index >= 15 is 0 Å². The number of aliphatic hydroxyl groups excluding tert-OH is 1. The number of nitrogens with one attached hydrogen (secondary N) is 2. The maximum atomic E-state index is 14.8. The highest BCUT2D eigenvalue weighted by atomic mass is 16.5. The van der Waals surface area contributed by atoms with Crippen LogP contribution in [0.3, 0.4) is 0 Å². The van der Waals surface area contributed by atoms with Gasteiger partial charge in [0.1, 0.15) is 6.04 Å². The Labute approximate surface area is 331 Å². The SMILES string of the molecule is CC1(C)[C@@H](O)CC[C@]2(C)[C@H]3C(=O)C=C4[C@@H]5C[C@@](C)(C(=O)N[C@@H](Cc6ccccc6)C(=O)NC6CC(C)(C)N(O)C6(C)C)CC[C@]5(C)CC[C@@]4(C)[C@]3(C)CC[C@@H]12. The van der Waals surface area contributed by atoms with Gasteiger partial charge in [0, 0.05) is 23.3 Å². The lowest BCUT2D eigenvalue weighted by Gasteiger charge is -2.70. The molecule has 1 aliphatic heterocycles. The van der Waals surface area contributed by atoms with Crippen molar-refractivity contribution in [3.05, 3.63) is 47.5 Å². The van der Waals surface area contributed by atoms with Gasteiger partial charge in [-0.3, -0.25) is 14.4 Å². The number of carbonyl (C=O) groups is 3. The summed E-state index contributed by atoms with van der Waals surface area (Å²) in [7, 11) is 0. The number of aliphatic hydroxyl groups is 1. The number of rotatable bonds is 6. The zero-order valence-electron chi connectivity index (χ0n) is 35.8. The molecule has 304 valence electrons. The topological polar surface area (TPSA) is 119 Å². The largest absolute Gasteiger partial charge is 0.393 e. The molecule has 1 aromatic carbocycles. The number of fused-ring (bicyclic) bond motifs is 7. The molecule has 1 aromatic rings. The van der Waals surface area contributed by atoms with Gasteiger partial charge in [-0.05, 0) is 142 Å². The summed E-state index contributed by atoms with van der Waals surface area (Å²) in [6, 6.07) is 8.76. The number of allylic oxidation sites excluding steroid dienone is 2. The molecule has 55 heavy (non-hydrogen) atoms. The summed E-state index contributed by atoms with van der Waals surface area (Å²) in [4.78, 5) is 43.8. The normalized spacial score (nSPS) is 43.5. The molecule has 4 saturated carbocycles. The molecule has 7 rings (SSSR count). The van der Waals surface area contributed by atoms with Crippen LogP contribution < -0.4 is 10.6 Å². The van der Waals surface area contributed by atoms with Crippen molar-refractivity contribution in [2.24, 2.45) is 50.2 Å². The van der Waals surface area contributed by atoms with Crippen molar-refractivity contribution in [1.29, 1.82) is 0 Å². The Balaban J connectivity index is 1.17. The van der Waals surface area contributed by atoms with Crippen molar-refractivity contribution in [2.75, 3.05) is 0 Å². The first-order valence-electron chi connectivity index (χ1n) is 21.4. The molecule has 8 nitrogen and oxygen atoms in total. The van der Waals surface area contributed by atoms with Crippen LogP contribution in [-0.4, -0.2) is 62.2 Å². The van der Waals surface area contributed by atoms with Gasteiger partial charge in [0.05, 0.1) is 17.7 Å². The Morgan fingerprint density at radius 1 is 0.855 bits per heavy atom. The predicted molar refractivity (Wildman–Crippen MR) is 216 cm³/mol.